The first-order chi connectivity index (χ1) is 9.47. The third-order valence-electron chi connectivity index (χ3n) is 2.63. The van der Waals surface area contributed by atoms with Crippen LogP contribution in [0.15, 0.2) is 40.9 Å². The first-order valence-corrected chi connectivity index (χ1v) is 6.76. The molecule has 0 radical (unpaired) electrons. The number of rotatable bonds is 4. The van der Waals surface area contributed by atoms with E-state index in [0.29, 0.717) is 16.7 Å². The van der Waals surface area contributed by atoms with E-state index in [1.165, 1.54) is 18.2 Å². The van der Waals surface area contributed by atoms with E-state index in [1.54, 1.807) is 18.2 Å². The van der Waals surface area contributed by atoms with E-state index in [0.717, 1.165) is 5.56 Å². The number of hydrogen-bond donors (Lipinski definition) is 1. The number of nitro groups is 1. The largest absolute Gasteiger partial charge is 0.381 e. The molecule has 0 unspecified atom stereocenters. The average Bonchev–Trinajstić information content (AvgIpc) is 2.40. The maximum atomic E-state index is 13.3. The summed E-state index contributed by atoms with van der Waals surface area (Å²) < 4.78 is 13.7. The second-order valence-electron chi connectivity index (χ2n) is 4.03. The van der Waals surface area contributed by atoms with Crippen LogP contribution in [0.5, 0.6) is 0 Å². The molecule has 2 aromatic rings. The molecular weight excluding hydrogens is 351 g/mol. The molecule has 104 valence electrons. The van der Waals surface area contributed by atoms with E-state index in [-0.39, 0.29) is 16.5 Å². The molecule has 0 atom stereocenters. The van der Waals surface area contributed by atoms with Gasteiger partial charge in [-0.3, -0.25) is 10.1 Å². The maximum Gasteiger partial charge on any atom is 0.288 e. The highest BCUT2D eigenvalue weighted by atomic mass is 79.9. The smallest absolute Gasteiger partial charge is 0.288 e. The quantitative estimate of drug-likeness (QED) is 0.632. The van der Waals surface area contributed by atoms with Crippen molar-refractivity contribution in [1.82, 2.24) is 0 Å². The molecule has 0 amide bonds. The van der Waals surface area contributed by atoms with Crippen molar-refractivity contribution in [3.05, 3.63) is 67.4 Å². The third kappa shape index (κ3) is 3.46. The number of nitrogens with one attached hydrogen (secondary N) is 1. The summed E-state index contributed by atoms with van der Waals surface area (Å²) in [5.74, 6) is -0.342. The SMILES string of the molecule is O=[N+]([O-])c1ccc(NCc2ccc(Br)c(F)c2)cc1Cl. The highest BCUT2D eigenvalue weighted by molar-refractivity contribution is 9.10. The molecule has 0 saturated heterocycles. The summed E-state index contributed by atoms with van der Waals surface area (Å²) in [6.07, 6.45) is 0. The highest BCUT2D eigenvalue weighted by Gasteiger charge is 2.11. The molecule has 0 spiro atoms. The molecule has 0 saturated carbocycles. The standard InChI is InChI=1S/C13H9BrClFN2O2/c14-10-3-1-8(5-12(10)16)7-17-9-2-4-13(18(19)20)11(15)6-9/h1-6,17H,7H2. The Morgan fingerprint density at radius 3 is 2.65 bits per heavy atom. The van der Waals surface area contributed by atoms with Gasteiger partial charge in [-0.05, 0) is 45.8 Å². The first-order valence-electron chi connectivity index (χ1n) is 5.59. The lowest BCUT2D eigenvalue weighted by Crippen LogP contribution is -2.00. The van der Waals surface area contributed by atoms with Crippen molar-refractivity contribution in [2.75, 3.05) is 5.32 Å². The molecule has 20 heavy (non-hydrogen) atoms. The summed E-state index contributed by atoms with van der Waals surface area (Å²) >= 11 is 8.88. The van der Waals surface area contributed by atoms with E-state index in [2.05, 4.69) is 21.2 Å². The van der Waals surface area contributed by atoms with Crippen LogP contribution in [0, 0.1) is 15.9 Å². The molecule has 0 bridgehead atoms. The van der Waals surface area contributed by atoms with Crippen LogP contribution in [-0.4, -0.2) is 4.92 Å². The van der Waals surface area contributed by atoms with Crippen molar-refractivity contribution in [3.63, 3.8) is 0 Å². The van der Waals surface area contributed by atoms with Crippen LogP contribution in [0.3, 0.4) is 0 Å². The highest BCUT2D eigenvalue weighted by Crippen LogP contribution is 2.27. The minimum Gasteiger partial charge on any atom is -0.381 e. The molecule has 1 N–H and O–H groups in total. The van der Waals surface area contributed by atoms with Crippen LogP contribution in [0.2, 0.25) is 5.02 Å². The van der Waals surface area contributed by atoms with Gasteiger partial charge in [-0.25, -0.2) is 4.39 Å². The van der Waals surface area contributed by atoms with Crippen molar-refractivity contribution in [2.45, 2.75) is 6.54 Å². The van der Waals surface area contributed by atoms with Gasteiger partial charge in [0.05, 0.1) is 9.40 Å². The van der Waals surface area contributed by atoms with Gasteiger partial charge in [-0.2, -0.15) is 0 Å². The van der Waals surface area contributed by atoms with Crippen LogP contribution in [0.25, 0.3) is 0 Å². The van der Waals surface area contributed by atoms with E-state index in [4.69, 9.17) is 11.6 Å². The Kier molecular flexibility index (Phi) is 4.57. The summed E-state index contributed by atoms with van der Waals surface area (Å²) in [5, 5.41) is 13.7. The zero-order chi connectivity index (χ0) is 14.7. The van der Waals surface area contributed by atoms with E-state index in [9.17, 15) is 14.5 Å². The van der Waals surface area contributed by atoms with Gasteiger partial charge >= 0.3 is 0 Å². The zero-order valence-electron chi connectivity index (χ0n) is 10.1. The average molecular weight is 360 g/mol. The van der Waals surface area contributed by atoms with Crippen LogP contribution in [-0.2, 0) is 6.54 Å². The van der Waals surface area contributed by atoms with Gasteiger partial charge in [-0.1, -0.05) is 17.7 Å². The fourth-order valence-electron chi connectivity index (χ4n) is 1.62. The van der Waals surface area contributed by atoms with Gasteiger partial charge in [0.2, 0.25) is 0 Å². The molecule has 0 aromatic heterocycles. The molecule has 2 rings (SSSR count). The topological polar surface area (TPSA) is 55.2 Å². The normalized spacial score (nSPS) is 10.3. The molecule has 0 aliphatic heterocycles. The number of nitrogens with zero attached hydrogens (tertiary/aromatic N) is 1. The Balaban J connectivity index is 2.09. The molecule has 0 fully saturated rings. The van der Waals surface area contributed by atoms with E-state index < -0.39 is 4.92 Å². The Bertz CT molecular complexity index is 667. The van der Waals surface area contributed by atoms with E-state index in [1.807, 2.05) is 0 Å². The van der Waals surface area contributed by atoms with Crippen LogP contribution < -0.4 is 5.32 Å². The summed E-state index contributed by atoms with van der Waals surface area (Å²) in [6, 6.07) is 9.15. The fourth-order valence-corrected chi connectivity index (χ4v) is 2.11. The second kappa shape index (κ2) is 6.19. The third-order valence-corrected chi connectivity index (χ3v) is 3.57. The lowest BCUT2D eigenvalue weighted by Gasteiger charge is -2.07. The lowest BCUT2D eigenvalue weighted by molar-refractivity contribution is -0.384. The number of halogens is 3. The lowest BCUT2D eigenvalue weighted by atomic mass is 10.2. The van der Waals surface area contributed by atoms with Gasteiger partial charge in [-0.15, -0.1) is 0 Å². The van der Waals surface area contributed by atoms with Gasteiger partial charge in [0.1, 0.15) is 10.8 Å². The van der Waals surface area contributed by atoms with Gasteiger partial charge < -0.3 is 5.32 Å². The van der Waals surface area contributed by atoms with Gasteiger partial charge in [0, 0.05) is 18.3 Å². The van der Waals surface area contributed by atoms with Crippen molar-refractivity contribution < 1.29 is 9.31 Å². The predicted octanol–water partition coefficient (Wildman–Crippen LogP) is 4.76. The van der Waals surface area contributed by atoms with Gasteiger partial charge in [0.25, 0.3) is 5.69 Å². The molecular formula is C13H9BrClFN2O2. The fraction of sp³-hybridized carbons (Fsp3) is 0.0769. The van der Waals surface area contributed by atoms with Crippen LogP contribution in [0.1, 0.15) is 5.56 Å². The van der Waals surface area contributed by atoms with Crippen molar-refractivity contribution >= 4 is 38.9 Å². The number of benzene rings is 2. The Hall–Kier alpha value is -1.66. The minimum atomic E-state index is -0.545. The molecule has 0 aliphatic rings. The zero-order valence-corrected chi connectivity index (χ0v) is 12.4. The first kappa shape index (κ1) is 14.7. The molecule has 7 heteroatoms. The van der Waals surface area contributed by atoms with Crippen LogP contribution >= 0.6 is 27.5 Å². The summed E-state index contributed by atoms with van der Waals surface area (Å²) in [5.41, 5.74) is 1.23. The summed E-state index contributed by atoms with van der Waals surface area (Å²) in [7, 11) is 0. The summed E-state index contributed by atoms with van der Waals surface area (Å²) in [6.45, 7) is 0.387. The van der Waals surface area contributed by atoms with Crippen LogP contribution in [0.4, 0.5) is 15.8 Å². The molecule has 0 aliphatic carbocycles. The number of anilines is 1. The Morgan fingerprint density at radius 2 is 2.05 bits per heavy atom. The van der Waals surface area contributed by atoms with Crippen molar-refractivity contribution in [3.8, 4) is 0 Å². The number of nitro benzene ring substituents is 1. The summed E-state index contributed by atoms with van der Waals surface area (Å²) in [4.78, 5) is 10.1. The second-order valence-corrected chi connectivity index (χ2v) is 5.29. The van der Waals surface area contributed by atoms with Crippen molar-refractivity contribution in [1.29, 1.82) is 0 Å². The van der Waals surface area contributed by atoms with E-state index >= 15 is 0 Å². The van der Waals surface area contributed by atoms with Crippen molar-refractivity contribution in [2.24, 2.45) is 0 Å². The van der Waals surface area contributed by atoms with Gasteiger partial charge in [0.15, 0.2) is 0 Å². The Labute approximate surface area is 127 Å². The number of hydrogen-bond acceptors (Lipinski definition) is 3. The molecule has 0 heterocycles. The Morgan fingerprint density at radius 1 is 1.30 bits per heavy atom. The predicted molar refractivity (Wildman–Crippen MR) is 79.5 cm³/mol. The molecule has 4 nitrogen and oxygen atoms in total. The monoisotopic (exact) mass is 358 g/mol. The minimum absolute atomic E-state index is 0.0574. The molecule has 2 aromatic carbocycles. The maximum absolute atomic E-state index is 13.3.